The molecule has 5 heteroatoms. The second-order valence-corrected chi connectivity index (χ2v) is 4.48. The number of nitrogens with one attached hydrogen (secondary N) is 1. The molecule has 1 aliphatic rings. The van der Waals surface area contributed by atoms with Crippen molar-refractivity contribution < 1.29 is 9.53 Å². The number of carbonyl (C=O) groups is 1. The third kappa shape index (κ3) is 2.66. The summed E-state index contributed by atoms with van der Waals surface area (Å²) in [4.78, 5) is 15.9. The quantitative estimate of drug-likeness (QED) is 0.909. The largest absolute Gasteiger partial charge is 0.359 e. The highest BCUT2D eigenvalue weighted by molar-refractivity contribution is 6.03. The summed E-state index contributed by atoms with van der Waals surface area (Å²) < 4.78 is 7.65. The molecule has 1 N–H and O–H groups in total. The highest BCUT2D eigenvalue weighted by Crippen LogP contribution is 2.24. The van der Waals surface area contributed by atoms with Gasteiger partial charge in [-0.2, -0.15) is 0 Å². The Morgan fingerprint density at radius 1 is 1.42 bits per heavy atom. The maximum absolute atomic E-state index is 12.0. The molecule has 2 heterocycles. The lowest BCUT2D eigenvalue weighted by atomic mass is 10.0. The van der Waals surface area contributed by atoms with E-state index in [4.69, 9.17) is 4.74 Å². The Kier molecular flexibility index (Phi) is 3.29. The fraction of sp³-hybridized carbons (Fsp3) is 0.286. The van der Waals surface area contributed by atoms with Crippen LogP contribution in [0.4, 0.5) is 5.69 Å². The minimum atomic E-state index is -0.245. The van der Waals surface area contributed by atoms with E-state index in [1.165, 1.54) is 0 Å². The van der Waals surface area contributed by atoms with Crippen molar-refractivity contribution in [2.24, 2.45) is 0 Å². The summed E-state index contributed by atoms with van der Waals surface area (Å²) in [5.74, 6) is 0.127. The maximum Gasteiger partial charge on any atom is 0.169 e. The van der Waals surface area contributed by atoms with Crippen LogP contribution in [0, 0.1) is 0 Å². The number of Topliss-reactive ketones (excluding diaryl/α,β-unsaturated/α-hetero) is 1. The zero-order chi connectivity index (χ0) is 13.1. The van der Waals surface area contributed by atoms with E-state index in [0.29, 0.717) is 13.0 Å². The number of benzene rings is 1. The lowest BCUT2D eigenvalue weighted by Crippen LogP contribution is -2.32. The van der Waals surface area contributed by atoms with Crippen molar-refractivity contribution in [2.75, 3.05) is 11.9 Å². The minimum Gasteiger partial charge on any atom is -0.359 e. The predicted molar refractivity (Wildman–Crippen MR) is 71.0 cm³/mol. The Morgan fingerprint density at radius 2 is 2.32 bits per heavy atom. The smallest absolute Gasteiger partial charge is 0.169 e. The van der Waals surface area contributed by atoms with Gasteiger partial charge in [-0.15, -0.1) is 0 Å². The van der Waals surface area contributed by atoms with Gasteiger partial charge in [0, 0.05) is 30.2 Å². The first kappa shape index (κ1) is 11.9. The first-order valence-electron chi connectivity index (χ1n) is 6.29. The normalized spacial score (nSPS) is 17.9. The minimum absolute atomic E-state index is 0.127. The van der Waals surface area contributed by atoms with Gasteiger partial charge in [0.05, 0.1) is 19.4 Å². The van der Waals surface area contributed by atoms with Crippen molar-refractivity contribution >= 4 is 11.5 Å². The van der Waals surface area contributed by atoms with Gasteiger partial charge in [0.1, 0.15) is 6.23 Å². The Balaban J connectivity index is 1.58. The van der Waals surface area contributed by atoms with E-state index in [2.05, 4.69) is 10.3 Å². The summed E-state index contributed by atoms with van der Waals surface area (Å²) in [5, 5.41) is 3.24. The van der Waals surface area contributed by atoms with E-state index in [1.54, 1.807) is 12.5 Å². The third-order valence-electron chi connectivity index (χ3n) is 3.14. The van der Waals surface area contributed by atoms with Crippen LogP contribution in [-0.4, -0.2) is 28.2 Å². The molecule has 98 valence electrons. The van der Waals surface area contributed by atoms with Crippen molar-refractivity contribution in [3.63, 3.8) is 0 Å². The average Bonchev–Trinajstić information content (AvgIpc) is 2.92. The Morgan fingerprint density at radius 3 is 3.16 bits per heavy atom. The number of imidazole rings is 1. The van der Waals surface area contributed by atoms with Gasteiger partial charge in [0.2, 0.25) is 0 Å². The van der Waals surface area contributed by atoms with Gasteiger partial charge in [-0.25, -0.2) is 4.98 Å². The van der Waals surface area contributed by atoms with Gasteiger partial charge in [-0.3, -0.25) is 4.79 Å². The molecule has 1 aromatic heterocycles. The number of hydrogen-bond donors (Lipinski definition) is 1. The second kappa shape index (κ2) is 5.24. The van der Waals surface area contributed by atoms with E-state index in [0.717, 1.165) is 17.8 Å². The van der Waals surface area contributed by atoms with Gasteiger partial charge < -0.3 is 14.6 Å². The van der Waals surface area contributed by atoms with Gasteiger partial charge >= 0.3 is 0 Å². The van der Waals surface area contributed by atoms with Crippen LogP contribution in [0.2, 0.25) is 0 Å². The molecule has 1 atom stereocenters. The highest BCUT2D eigenvalue weighted by Gasteiger charge is 2.24. The van der Waals surface area contributed by atoms with Crippen molar-refractivity contribution in [1.29, 1.82) is 0 Å². The summed E-state index contributed by atoms with van der Waals surface area (Å²) in [6.45, 7) is 1.28. The lowest BCUT2D eigenvalue weighted by Gasteiger charge is -2.26. The molecule has 2 aromatic rings. The van der Waals surface area contributed by atoms with Crippen LogP contribution in [-0.2, 0) is 11.3 Å². The van der Waals surface area contributed by atoms with Crippen LogP contribution in [0.1, 0.15) is 16.8 Å². The van der Waals surface area contributed by atoms with Gasteiger partial charge in [0.15, 0.2) is 5.78 Å². The molecular weight excluding hydrogens is 242 g/mol. The van der Waals surface area contributed by atoms with Crippen molar-refractivity contribution in [1.82, 2.24) is 9.55 Å². The van der Waals surface area contributed by atoms with E-state index in [9.17, 15) is 4.79 Å². The topological polar surface area (TPSA) is 56.2 Å². The maximum atomic E-state index is 12.0. The molecule has 1 unspecified atom stereocenters. The Hall–Kier alpha value is -2.14. The molecule has 0 spiro atoms. The summed E-state index contributed by atoms with van der Waals surface area (Å²) in [5.41, 5.74) is 1.60. The molecule has 1 aromatic carbocycles. The molecule has 0 aliphatic carbocycles. The van der Waals surface area contributed by atoms with Crippen LogP contribution >= 0.6 is 0 Å². The Labute approximate surface area is 111 Å². The molecule has 0 fully saturated rings. The van der Waals surface area contributed by atoms with Gasteiger partial charge in [-0.05, 0) is 12.1 Å². The van der Waals surface area contributed by atoms with E-state index in [-0.39, 0.29) is 12.0 Å². The molecule has 0 saturated carbocycles. The standard InChI is InChI=1S/C14H15N3O2/c18-13-9-14(16-12-4-2-1-3-11(12)13)19-8-7-17-6-5-15-10-17/h1-6,10,14,16H,7-9H2. The number of carbonyl (C=O) groups excluding carboxylic acids is 1. The fourth-order valence-electron chi connectivity index (χ4n) is 2.17. The number of aromatic nitrogens is 2. The van der Waals surface area contributed by atoms with Crippen LogP contribution < -0.4 is 5.32 Å². The Bertz CT molecular complexity index is 566. The van der Waals surface area contributed by atoms with E-state index >= 15 is 0 Å². The van der Waals surface area contributed by atoms with Gasteiger partial charge in [-0.1, -0.05) is 12.1 Å². The van der Waals surface area contributed by atoms with Crippen molar-refractivity contribution in [3.05, 3.63) is 48.5 Å². The number of hydrogen-bond acceptors (Lipinski definition) is 4. The first-order chi connectivity index (χ1) is 9.33. The van der Waals surface area contributed by atoms with Crippen LogP contribution in [0.25, 0.3) is 0 Å². The summed E-state index contributed by atoms with van der Waals surface area (Å²) in [6, 6.07) is 7.52. The lowest BCUT2D eigenvalue weighted by molar-refractivity contribution is 0.0524. The number of ketones is 1. The number of para-hydroxylation sites is 1. The molecular formula is C14H15N3O2. The van der Waals surface area contributed by atoms with Crippen LogP contribution in [0.15, 0.2) is 43.0 Å². The summed E-state index contributed by atoms with van der Waals surface area (Å²) in [6.07, 6.45) is 5.50. The van der Waals surface area contributed by atoms with Crippen molar-refractivity contribution in [2.45, 2.75) is 19.2 Å². The second-order valence-electron chi connectivity index (χ2n) is 4.48. The van der Waals surface area contributed by atoms with Crippen LogP contribution in [0.3, 0.4) is 0 Å². The molecule has 3 rings (SSSR count). The van der Waals surface area contributed by atoms with E-state index < -0.39 is 0 Å². The highest BCUT2D eigenvalue weighted by atomic mass is 16.5. The summed E-state index contributed by atoms with van der Waals surface area (Å²) >= 11 is 0. The average molecular weight is 257 g/mol. The molecule has 19 heavy (non-hydrogen) atoms. The summed E-state index contributed by atoms with van der Waals surface area (Å²) in [7, 11) is 0. The number of anilines is 1. The third-order valence-corrected chi connectivity index (χ3v) is 3.14. The molecule has 0 amide bonds. The number of rotatable bonds is 4. The monoisotopic (exact) mass is 257 g/mol. The zero-order valence-corrected chi connectivity index (χ0v) is 10.5. The zero-order valence-electron chi connectivity index (χ0n) is 10.5. The number of nitrogens with zero attached hydrogens (tertiary/aromatic N) is 2. The molecule has 0 radical (unpaired) electrons. The van der Waals surface area contributed by atoms with Gasteiger partial charge in [0.25, 0.3) is 0 Å². The van der Waals surface area contributed by atoms with E-state index in [1.807, 2.05) is 35.0 Å². The van der Waals surface area contributed by atoms with Crippen molar-refractivity contribution in [3.8, 4) is 0 Å². The number of ether oxygens (including phenoxy) is 1. The fourth-order valence-corrected chi connectivity index (χ4v) is 2.17. The predicted octanol–water partition coefficient (Wildman–Crippen LogP) is 1.92. The SMILES string of the molecule is O=C1CC(OCCn2ccnc2)Nc2ccccc21. The molecule has 1 aliphatic heterocycles. The van der Waals surface area contributed by atoms with Crippen LogP contribution in [0.5, 0.6) is 0 Å². The number of fused-ring (bicyclic) bond motifs is 1. The molecule has 0 saturated heterocycles. The molecule has 5 nitrogen and oxygen atoms in total. The first-order valence-corrected chi connectivity index (χ1v) is 6.29. The molecule has 0 bridgehead atoms.